The van der Waals surface area contributed by atoms with Gasteiger partial charge in [-0.3, -0.25) is 0 Å². The van der Waals surface area contributed by atoms with Crippen molar-refractivity contribution in [2.45, 2.75) is 95.5 Å². The van der Waals surface area contributed by atoms with Crippen LogP contribution in [0.2, 0.25) is 30.8 Å². The van der Waals surface area contributed by atoms with Crippen LogP contribution in [0.3, 0.4) is 0 Å². The number of fused-ring (bicyclic) bond motifs is 2. The summed E-state index contributed by atoms with van der Waals surface area (Å²) < 4.78 is 0. The highest BCUT2D eigenvalue weighted by Crippen LogP contribution is 2.44. The quantitative estimate of drug-likeness (QED) is 0.346. The molecule has 20 heavy (non-hydrogen) atoms. The lowest BCUT2D eigenvalue weighted by Gasteiger charge is -2.37. The molecular formula is C18H32BSi. The van der Waals surface area contributed by atoms with E-state index in [0.29, 0.717) is 5.92 Å². The Labute approximate surface area is 128 Å². The van der Waals surface area contributed by atoms with Gasteiger partial charge in [0.05, 0.1) is 0 Å². The first-order chi connectivity index (χ1) is 9.61. The van der Waals surface area contributed by atoms with Crippen molar-refractivity contribution < 1.29 is 0 Å². The summed E-state index contributed by atoms with van der Waals surface area (Å²) in [6, 6.07) is 1.41. The Morgan fingerprint density at radius 2 is 1.90 bits per heavy atom. The summed E-state index contributed by atoms with van der Waals surface area (Å²) in [7, 11) is 1.40. The van der Waals surface area contributed by atoms with Crippen molar-refractivity contribution in [1.29, 1.82) is 0 Å². The highest BCUT2D eigenvalue weighted by molar-refractivity contribution is 6.85. The SMILES string of the molecule is CCCCCC[Si](C)(C)C#CC1CCC2[B]C1CCC2. The third kappa shape index (κ3) is 4.99. The third-order valence-electron chi connectivity index (χ3n) is 5.25. The van der Waals surface area contributed by atoms with Crippen LogP contribution in [0.25, 0.3) is 0 Å². The zero-order valence-corrected chi connectivity index (χ0v) is 14.9. The van der Waals surface area contributed by atoms with Gasteiger partial charge in [0.15, 0.2) is 0 Å². The maximum Gasteiger partial charge on any atom is 0.132 e. The average molecular weight is 287 g/mol. The van der Waals surface area contributed by atoms with Crippen LogP contribution >= 0.6 is 0 Å². The molecule has 0 aromatic heterocycles. The lowest BCUT2D eigenvalue weighted by molar-refractivity contribution is 0.399. The lowest BCUT2D eigenvalue weighted by atomic mass is 9.41. The topological polar surface area (TPSA) is 0 Å². The number of hydrogen-bond donors (Lipinski definition) is 0. The molecule has 1 radical (unpaired) electrons. The zero-order chi connectivity index (χ0) is 14.4. The first-order valence-electron chi connectivity index (χ1n) is 8.98. The Kier molecular flexibility index (Phi) is 6.27. The average Bonchev–Trinajstić information content (AvgIpc) is 2.43. The van der Waals surface area contributed by atoms with E-state index in [4.69, 9.17) is 0 Å². The molecule has 2 aliphatic heterocycles. The van der Waals surface area contributed by atoms with Crippen LogP contribution in [0.4, 0.5) is 0 Å². The Morgan fingerprint density at radius 3 is 2.70 bits per heavy atom. The molecule has 2 aliphatic rings. The number of unbranched alkanes of at least 4 members (excludes halogenated alkanes) is 3. The van der Waals surface area contributed by atoms with Crippen LogP contribution in [0.1, 0.15) is 64.7 Å². The van der Waals surface area contributed by atoms with Gasteiger partial charge < -0.3 is 0 Å². The summed E-state index contributed by atoms with van der Waals surface area (Å²) in [5, 5.41) is 0. The van der Waals surface area contributed by atoms with E-state index < -0.39 is 8.07 Å². The molecule has 2 fully saturated rings. The second-order valence-corrected chi connectivity index (χ2v) is 12.2. The van der Waals surface area contributed by atoms with Crippen LogP contribution in [0.15, 0.2) is 0 Å². The highest BCUT2D eigenvalue weighted by Gasteiger charge is 2.33. The van der Waals surface area contributed by atoms with Gasteiger partial charge in [-0.2, -0.15) is 0 Å². The van der Waals surface area contributed by atoms with Crippen molar-refractivity contribution in [1.82, 2.24) is 0 Å². The molecule has 2 saturated heterocycles. The molecule has 3 atom stereocenters. The van der Waals surface area contributed by atoms with Gasteiger partial charge in [-0.05, 0) is 12.5 Å². The fourth-order valence-corrected chi connectivity index (χ4v) is 5.70. The maximum atomic E-state index is 3.78. The minimum Gasteiger partial charge on any atom is -0.131 e. The van der Waals surface area contributed by atoms with Crippen LogP contribution < -0.4 is 0 Å². The van der Waals surface area contributed by atoms with Crippen LogP contribution in [0, 0.1) is 17.4 Å². The van der Waals surface area contributed by atoms with Gasteiger partial charge in [0, 0.05) is 5.92 Å². The Bertz CT molecular complexity index is 352. The van der Waals surface area contributed by atoms with Gasteiger partial charge in [0.1, 0.15) is 15.4 Å². The molecule has 3 unspecified atom stereocenters. The van der Waals surface area contributed by atoms with Crippen molar-refractivity contribution >= 4 is 15.4 Å². The fourth-order valence-electron chi connectivity index (χ4n) is 3.86. The summed E-state index contributed by atoms with van der Waals surface area (Å²) >= 11 is 0. The molecule has 0 aliphatic carbocycles. The van der Waals surface area contributed by atoms with Crippen molar-refractivity contribution in [2.75, 3.05) is 0 Å². The summed E-state index contributed by atoms with van der Waals surface area (Å²) in [5.74, 6) is 6.21. The van der Waals surface area contributed by atoms with Gasteiger partial charge in [-0.25, -0.2) is 0 Å². The van der Waals surface area contributed by atoms with Gasteiger partial charge in [-0.15, -0.1) is 11.5 Å². The van der Waals surface area contributed by atoms with Crippen molar-refractivity contribution in [3.05, 3.63) is 0 Å². The first-order valence-corrected chi connectivity index (χ1v) is 12.2. The fraction of sp³-hybridized carbons (Fsp3) is 0.889. The van der Waals surface area contributed by atoms with E-state index in [1.165, 1.54) is 63.8 Å². The van der Waals surface area contributed by atoms with Gasteiger partial charge >= 0.3 is 0 Å². The van der Waals surface area contributed by atoms with Crippen LogP contribution in [0.5, 0.6) is 0 Å². The van der Waals surface area contributed by atoms with Crippen LogP contribution in [-0.4, -0.2) is 15.4 Å². The minimum absolute atomic E-state index is 0.703. The second kappa shape index (κ2) is 7.74. The van der Waals surface area contributed by atoms with Gasteiger partial charge in [-0.1, -0.05) is 83.0 Å². The molecule has 0 aromatic rings. The van der Waals surface area contributed by atoms with Crippen molar-refractivity contribution in [3.63, 3.8) is 0 Å². The summed E-state index contributed by atoms with van der Waals surface area (Å²) in [5.41, 5.74) is 3.78. The van der Waals surface area contributed by atoms with Crippen molar-refractivity contribution in [3.8, 4) is 11.5 Å². The predicted molar refractivity (Wildman–Crippen MR) is 94.0 cm³/mol. The monoisotopic (exact) mass is 287 g/mol. The summed E-state index contributed by atoms with van der Waals surface area (Å²) in [6.07, 6.45) is 12.7. The highest BCUT2D eigenvalue weighted by atomic mass is 28.3. The standard InChI is InChI=1S/C18H32BSi/c1-4-5-6-7-14-20(2,3)15-13-16-11-12-17-9-8-10-18(16)19-17/h16-18H,4-12,14H2,1-3H3. The molecule has 2 heteroatoms. The summed E-state index contributed by atoms with van der Waals surface area (Å²) in [6.45, 7) is 7.24. The molecule has 2 bridgehead atoms. The van der Waals surface area contributed by atoms with Crippen molar-refractivity contribution in [2.24, 2.45) is 5.92 Å². The van der Waals surface area contributed by atoms with E-state index in [9.17, 15) is 0 Å². The molecule has 0 aromatic carbocycles. The smallest absolute Gasteiger partial charge is 0.131 e. The molecule has 0 nitrogen and oxygen atoms in total. The van der Waals surface area contributed by atoms with E-state index in [1.54, 1.807) is 0 Å². The molecule has 2 rings (SSSR count). The predicted octanol–water partition coefficient (Wildman–Crippen LogP) is 5.69. The Hall–Kier alpha value is -0.158. The normalized spacial score (nSPS) is 29.2. The van der Waals surface area contributed by atoms with E-state index in [-0.39, 0.29) is 0 Å². The zero-order valence-electron chi connectivity index (χ0n) is 13.9. The molecule has 0 spiro atoms. The second-order valence-electron chi connectivity index (χ2n) is 7.70. The molecule has 111 valence electrons. The summed E-state index contributed by atoms with van der Waals surface area (Å²) in [4.78, 5) is 0. The van der Waals surface area contributed by atoms with E-state index >= 15 is 0 Å². The van der Waals surface area contributed by atoms with E-state index in [0.717, 1.165) is 11.6 Å². The molecule has 0 amide bonds. The third-order valence-corrected chi connectivity index (χ3v) is 7.67. The first kappa shape index (κ1) is 16.2. The largest absolute Gasteiger partial charge is 0.132 e. The van der Waals surface area contributed by atoms with E-state index in [1.807, 2.05) is 0 Å². The Balaban J connectivity index is 1.82. The molecule has 2 heterocycles. The van der Waals surface area contributed by atoms with E-state index in [2.05, 4.69) is 38.8 Å². The van der Waals surface area contributed by atoms with Gasteiger partial charge in [0.2, 0.25) is 0 Å². The minimum atomic E-state index is -1.25. The Morgan fingerprint density at radius 1 is 1.05 bits per heavy atom. The van der Waals surface area contributed by atoms with Gasteiger partial charge in [0.25, 0.3) is 0 Å². The lowest BCUT2D eigenvalue weighted by Crippen LogP contribution is -2.29. The molecular weight excluding hydrogens is 255 g/mol. The molecule has 0 N–H and O–H groups in total. The number of rotatable bonds is 5. The molecule has 0 saturated carbocycles. The number of hydrogen-bond acceptors (Lipinski definition) is 0. The van der Waals surface area contributed by atoms with Crippen LogP contribution in [-0.2, 0) is 0 Å². The maximum absolute atomic E-state index is 3.78.